The number of thioether (sulfide) groups is 1. The van der Waals surface area contributed by atoms with Gasteiger partial charge in [0.25, 0.3) is 0 Å². The molecule has 0 saturated carbocycles. The second-order valence-corrected chi connectivity index (χ2v) is 5.96. The van der Waals surface area contributed by atoms with Gasteiger partial charge in [0.15, 0.2) is 0 Å². The minimum Gasteiger partial charge on any atom is -0.478 e. The molecule has 0 aliphatic heterocycles. The molecule has 0 radical (unpaired) electrons. The molecule has 0 fully saturated rings. The van der Waals surface area contributed by atoms with Gasteiger partial charge in [0, 0.05) is 6.20 Å². The molecular weight excluding hydrogens is 222 g/mol. The summed E-state index contributed by atoms with van der Waals surface area (Å²) in [5.41, 5.74) is 0.564. The molecule has 0 aliphatic rings. The summed E-state index contributed by atoms with van der Waals surface area (Å²) in [6.07, 6.45) is 2.52. The maximum absolute atomic E-state index is 10.6. The number of hydrogen-bond acceptors (Lipinski definition) is 3. The van der Waals surface area contributed by atoms with Gasteiger partial charge in [-0.3, -0.25) is 0 Å². The molecular formula is C12H17NO2S. The van der Waals surface area contributed by atoms with E-state index >= 15 is 0 Å². The number of carboxylic acids is 1. The normalized spacial score (nSPS) is 11.4. The van der Waals surface area contributed by atoms with E-state index in [0.29, 0.717) is 5.41 Å². The molecule has 1 rings (SSSR count). The Hall–Kier alpha value is -1.03. The highest BCUT2D eigenvalue weighted by Crippen LogP contribution is 2.24. The summed E-state index contributed by atoms with van der Waals surface area (Å²) >= 11 is 1.66. The molecule has 3 nitrogen and oxygen atoms in total. The first-order valence-corrected chi connectivity index (χ1v) is 6.19. The smallest absolute Gasteiger partial charge is 0.337 e. The van der Waals surface area contributed by atoms with Gasteiger partial charge < -0.3 is 5.11 Å². The zero-order chi connectivity index (χ0) is 12.2. The van der Waals surface area contributed by atoms with Gasteiger partial charge in [0.1, 0.15) is 0 Å². The van der Waals surface area contributed by atoms with Crippen LogP contribution in [0.25, 0.3) is 0 Å². The van der Waals surface area contributed by atoms with Crippen LogP contribution in [0.4, 0.5) is 0 Å². The molecule has 1 aromatic heterocycles. The molecule has 88 valence electrons. The van der Waals surface area contributed by atoms with E-state index in [1.54, 1.807) is 23.9 Å². The van der Waals surface area contributed by atoms with Crippen LogP contribution >= 0.6 is 11.8 Å². The molecule has 16 heavy (non-hydrogen) atoms. The van der Waals surface area contributed by atoms with Crippen molar-refractivity contribution in [3.63, 3.8) is 0 Å². The molecule has 0 atom stereocenters. The topological polar surface area (TPSA) is 50.2 Å². The molecule has 0 aromatic carbocycles. The summed E-state index contributed by atoms with van der Waals surface area (Å²) in [4.78, 5) is 14.7. The maximum Gasteiger partial charge on any atom is 0.337 e. The van der Waals surface area contributed by atoms with E-state index in [2.05, 4.69) is 25.8 Å². The van der Waals surface area contributed by atoms with Gasteiger partial charge in [0.2, 0.25) is 0 Å². The largest absolute Gasteiger partial charge is 0.478 e. The number of aromatic carboxylic acids is 1. The number of carboxylic acid groups (broad SMARTS) is 1. The van der Waals surface area contributed by atoms with Gasteiger partial charge in [-0.15, -0.1) is 11.8 Å². The fourth-order valence-electron chi connectivity index (χ4n) is 1.05. The van der Waals surface area contributed by atoms with E-state index in [4.69, 9.17) is 5.11 Å². The van der Waals surface area contributed by atoms with E-state index in [1.165, 1.54) is 6.20 Å². The highest BCUT2D eigenvalue weighted by atomic mass is 32.2. The highest BCUT2D eigenvalue weighted by Gasteiger charge is 2.10. The van der Waals surface area contributed by atoms with E-state index in [-0.39, 0.29) is 5.56 Å². The van der Waals surface area contributed by atoms with Gasteiger partial charge in [-0.05, 0) is 29.7 Å². The minimum absolute atomic E-state index is 0.236. The SMILES string of the molecule is CC(C)(C)CCSc1ccc(C(=O)O)cn1. The van der Waals surface area contributed by atoms with Gasteiger partial charge in [-0.1, -0.05) is 20.8 Å². The van der Waals surface area contributed by atoms with Crippen LogP contribution in [0.15, 0.2) is 23.4 Å². The summed E-state index contributed by atoms with van der Waals surface area (Å²) in [5.74, 6) is 0.0712. The summed E-state index contributed by atoms with van der Waals surface area (Å²) in [6, 6.07) is 3.35. The Kier molecular flexibility index (Phi) is 4.35. The molecule has 1 aromatic rings. The predicted molar refractivity (Wildman–Crippen MR) is 66.0 cm³/mol. The van der Waals surface area contributed by atoms with Crippen molar-refractivity contribution in [3.8, 4) is 0 Å². The lowest BCUT2D eigenvalue weighted by atomic mass is 9.94. The summed E-state index contributed by atoms with van der Waals surface area (Å²) in [6.45, 7) is 6.61. The second-order valence-electron chi connectivity index (χ2n) is 4.85. The molecule has 0 spiro atoms. The van der Waals surface area contributed by atoms with E-state index in [9.17, 15) is 4.79 Å². The monoisotopic (exact) mass is 239 g/mol. The molecule has 1 heterocycles. The average Bonchev–Trinajstić information content (AvgIpc) is 2.16. The fourth-order valence-corrected chi connectivity index (χ4v) is 2.27. The lowest BCUT2D eigenvalue weighted by molar-refractivity contribution is 0.0696. The Balaban J connectivity index is 2.47. The zero-order valence-corrected chi connectivity index (χ0v) is 10.7. The third kappa shape index (κ3) is 4.66. The molecule has 0 bridgehead atoms. The highest BCUT2D eigenvalue weighted by molar-refractivity contribution is 7.99. The number of pyridine rings is 1. The van der Waals surface area contributed by atoms with Crippen molar-refractivity contribution < 1.29 is 9.90 Å². The van der Waals surface area contributed by atoms with E-state index in [0.717, 1.165) is 17.2 Å². The van der Waals surface area contributed by atoms with Crippen LogP contribution in [-0.2, 0) is 0 Å². The fraction of sp³-hybridized carbons (Fsp3) is 0.500. The number of rotatable bonds is 4. The molecule has 0 amide bonds. The summed E-state index contributed by atoms with van der Waals surface area (Å²) < 4.78 is 0. The van der Waals surface area contributed by atoms with Crippen molar-refractivity contribution in [2.24, 2.45) is 5.41 Å². The first-order valence-electron chi connectivity index (χ1n) is 5.21. The molecule has 0 saturated heterocycles. The minimum atomic E-state index is -0.932. The Morgan fingerprint density at radius 2 is 2.12 bits per heavy atom. The average molecular weight is 239 g/mol. The third-order valence-electron chi connectivity index (χ3n) is 2.09. The lowest BCUT2D eigenvalue weighted by Crippen LogP contribution is -2.05. The quantitative estimate of drug-likeness (QED) is 0.819. The van der Waals surface area contributed by atoms with Crippen molar-refractivity contribution in [2.75, 3.05) is 5.75 Å². The number of hydrogen-bond donors (Lipinski definition) is 1. The first-order chi connectivity index (χ1) is 7.38. The van der Waals surface area contributed by atoms with E-state index in [1.807, 2.05) is 0 Å². The number of nitrogens with zero attached hydrogens (tertiary/aromatic N) is 1. The maximum atomic E-state index is 10.6. The van der Waals surface area contributed by atoms with Gasteiger partial charge in [0.05, 0.1) is 10.6 Å². The molecule has 4 heteroatoms. The Morgan fingerprint density at radius 3 is 2.56 bits per heavy atom. The van der Waals surface area contributed by atoms with Crippen LogP contribution in [0.1, 0.15) is 37.6 Å². The van der Waals surface area contributed by atoms with Crippen molar-refractivity contribution in [3.05, 3.63) is 23.9 Å². The van der Waals surface area contributed by atoms with E-state index < -0.39 is 5.97 Å². The van der Waals surface area contributed by atoms with Crippen LogP contribution in [0.3, 0.4) is 0 Å². The van der Waals surface area contributed by atoms with Gasteiger partial charge >= 0.3 is 5.97 Å². The van der Waals surface area contributed by atoms with Crippen molar-refractivity contribution in [1.82, 2.24) is 4.98 Å². The Labute approximate surface area is 100 Å². The van der Waals surface area contributed by atoms with Crippen molar-refractivity contribution in [2.45, 2.75) is 32.2 Å². The Bertz CT molecular complexity index is 354. The van der Waals surface area contributed by atoms with Crippen LogP contribution in [-0.4, -0.2) is 21.8 Å². The number of carbonyl (C=O) groups is 1. The predicted octanol–water partition coefficient (Wildman–Crippen LogP) is 3.31. The molecule has 0 aliphatic carbocycles. The summed E-state index contributed by atoms with van der Waals surface area (Å²) in [7, 11) is 0. The van der Waals surface area contributed by atoms with Crippen LogP contribution in [0.2, 0.25) is 0 Å². The van der Waals surface area contributed by atoms with Gasteiger partial charge in [-0.2, -0.15) is 0 Å². The van der Waals surface area contributed by atoms with Gasteiger partial charge in [-0.25, -0.2) is 9.78 Å². The third-order valence-corrected chi connectivity index (χ3v) is 3.03. The van der Waals surface area contributed by atoms with Crippen LogP contribution < -0.4 is 0 Å². The first kappa shape index (κ1) is 13.0. The molecule has 0 unspecified atom stereocenters. The lowest BCUT2D eigenvalue weighted by Gasteiger charge is -2.16. The summed E-state index contributed by atoms with van der Waals surface area (Å²) in [5, 5.41) is 9.60. The standard InChI is InChI=1S/C12H17NO2S/c1-12(2,3)6-7-16-10-5-4-9(8-13-10)11(14)15/h4-5,8H,6-7H2,1-3H3,(H,14,15). The van der Waals surface area contributed by atoms with Crippen LogP contribution in [0, 0.1) is 5.41 Å². The molecule has 1 N–H and O–H groups in total. The number of aromatic nitrogens is 1. The van der Waals surface area contributed by atoms with Crippen molar-refractivity contribution >= 4 is 17.7 Å². The zero-order valence-electron chi connectivity index (χ0n) is 9.86. The van der Waals surface area contributed by atoms with Crippen LogP contribution in [0.5, 0.6) is 0 Å². The second kappa shape index (κ2) is 5.34. The van der Waals surface area contributed by atoms with Crippen molar-refractivity contribution in [1.29, 1.82) is 0 Å². The Morgan fingerprint density at radius 1 is 1.44 bits per heavy atom.